The number of nitrogens with one attached hydrogen (secondary N) is 1. The molecule has 14 heteroatoms. The minimum absolute atomic E-state index is 0.207. The number of aliphatic hydroxyl groups is 1. The van der Waals surface area contributed by atoms with Gasteiger partial charge in [0, 0.05) is 29.9 Å². The minimum atomic E-state index is -4.21. The summed E-state index contributed by atoms with van der Waals surface area (Å²) in [4.78, 5) is 17.8. The number of pyridine rings is 1. The molecule has 0 radical (unpaired) electrons. The number of carbonyl (C=O) groups excluding carboxylic acids is 1. The van der Waals surface area contributed by atoms with Crippen LogP contribution < -0.4 is 5.32 Å². The Kier molecular flexibility index (Phi) is 8.29. The van der Waals surface area contributed by atoms with Crippen LogP contribution in [0, 0.1) is 29.3 Å². The van der Waals surface area contributed by atoms with Crippen molar-refractivity contribution in [1.82, 2.24) is 30.5 Å². The lowest BCUT2D eigenvalue weighted by molar-refractivity contribution is -0.209. The van der Waals surface area contributed by atoms with Gasteiger partial charge in [-0.2, -0.15) is 13.6 Å². The predicted molar refractivity (Wildman–Crippen MR) is 144 cm³/mol. The van der Waals surface area contributed by atoms with Gasteiger partial charge >= 0.3 is 5.92 Å². The molecule has 1 atom stereocenters. The van der Waals surface area contributed by atoms with E-state index in [-0.39, 0.29) is 23.8 Å². The van der Waals surface area contributed by atoms with Crippen molar-refractivity contribution >= 4 is 17.2 Å². The number of nitrogens with zero attached hydrogens (tertiary/aromatic N) is 5. The van der Waals surface area contributed by atoms with Gasteiger partial charge < -0.3 is 10.4 Å². The monoisotopic (exact) mass is 610 g/mol. The second-order valence-corrected chi connectivity index (χ2v) is 10.3. The number of hydrogen-bond donors (Lipinski definition) is 2. The van der Waals surface area contributed by atoms with Crippen LogP contribution in [-0.2, 0) is 24.6 Å². The van der Waals surface area contributed by atoms with Gasteiger partial charge in [-0.3, -0.25) is 9.78 Å². The molecule has 0 bridgehead atoms. The summed E-state index contributed by atoms with van der Waals surface area (Å²) in [5.74, 6) is -1.76. The van der Waals surface area contributed by atoms with E-state index < -0.39 is 41.0 Å². The lowest BCUT2D eigenvalue weighted by atomic mass is 9.84. The molecule has 0 aliphatic carbocycles. The number of carbonyl (C=O) groups is 1. The first kappa shape index (κ1) is 29.5. The van der Waals surface area contributed by atoms with Gasteiger partial charge in [-0.25, -0.2) is 13.2 Å². The summed E-state index contributed by atoms with van der Waals surface area (Å²) in [5.41, 5.74) is -4.12. The number of rotatable bonds is 8. The molecule has 8 nitrogen and oxygen atoms in total. The van der Waals surface area contributed by atoms with Crippen LogP contribution in [0.3, 0.4) is 0 Å². The molecule has 0 fully saturated rings. The molecule has 3 heterocycles. The summed E-state index contributed by atoms with van der Waals surface area (Å²) in [6, 6.07) is 12.9. The van der Waals surface area contributed by atoms with Gasteiger partial charge in [-0.05, 0) is 59.3 Å². The second kappa shape index (κ2) is 12.1. The van der Waals surface area contributed by atoms with Crippen LogP contribution in [0.2, 0.25) is 0 Å². The minimum Gasteiger partial charge on any atom is -0.377 e. The Morgan fingerprint density at radius 3 is 2.42 bits per heavy atom. The maximum Gasteiger partial charge on any atom is 0.323 e. The lowest BCUT2D eigenvalue weighted by Gasteiger charge is -2.35. The van der Waals surface area contributed by atoms with E-state index in [2.05, 4.69) is 37.6 Å². The Bertz CT molecular complexity index is 1800. The summed E-state index contributed by atoms with van der Waals surface area (Å²) < 4.78 is 72.9. The van der Waals surface area contributed by atoms with Crippen LogP contribution in [0.5, 0.6) is 0 Å². The highest BCUT2D eigenvalue weighted by atomic mass is 32.1. The molecule has 0 saturated carbocycles. The van der Waals surface area contributed by atoms with E-state index >= 15 is 8.78 Å². The number of hydrogen-bond acceptors (Lipinski definition) is 7. The molecular formula is C29H19F5N6O2S. The Morgan fingerprint density at radius 2 is 1.74 bits per heavy atom. The third-order valence-electron chi connectivity index (χ3n) is 6.27. The van der Waals surface area contributed by atoms with E-state index in [0.717, 1.165) is 41.6 Å². The summed E-state index contributed by atoms with van der Waals surface area (Å²) >= 11 is 1.11. The van der Waals surface area contributed by atoms with Gasteiger partial charge in [-0.15, -0.1) is 21.5 Å². The maximum absolute atomic E-state index is 15.9. The van der Waals surface area contributed by atoms with Crippen molar-refractivity contribution in [3.63, 3.8) is 0 Å². The van der Waals surface area contributed by atoms with Gasteiger partial charge in [0.2, 0.25) is 0 Å². The number of alkyl halides is 2. The zero-order valence-electron chi connectivity index (χ0n) is 21.8. The number of halogens is 5. The smallest absolute Gasteiger partial charge is 0.323 e. The first-order valence-electron chi connectivity index (χ1n) is 12.4. The Labute approximate surface area is 244 Å². The van der Waals surface area contributed by atoms with Gasteiger partial charge in [0.05, 0.1) is 9.75 Å². The molecule has 218 valence electrons. The van der Waals surface area contributed by atoms with Crippen LogP contribution >= 0.6 is 11.3 Å². The average Bonchev–Trinajstić information content (AvgIpc) is 3.68. The number of thiophene rings is 1. The van der Waals surface area contributed by atoms with E-state index in [1.165, 1.54) is 18.2 Å². The quantitative estimate of drug-likeness (QED) is 0.197. The highest BCUT2D eigenvalue weighted by Crippen LogP contribution is 2.46. The normalized spacial score (nSPS) is 12.7. The number of aromatic nitrogens is 5. The summed E-state index contributed by atoms with van der Waals surface area (Å²) in [7, 11) is 0. The lowest BCUT2D eigenvalue weighted by Crippen LogP contribution is -2.48. The van der Waals surface area contributed by atoms with Gasteiger partial charge in [0.25, 0.3) is 5.91 Å². The Morgan fingerprint density at radius 1 is 0.977 bits per heavy atom. The Balaban J connectivity index is 1.33. The fraction of sp³-hybridized carbons (Fsp3) is 0.138. The summed E-state index contributed by atoms with van der Waals surface area (Å²) in [6.07, 6.45) is 2.00. The molecule has 2 N–H and O–H groups in total. The van der Waals surface area contributed by atoms with Crippen LogP contribution in [0.4, 0.5) is 22.0 Å². The van der Waals surface area contributed by atoms with Crippen LogP contribution in [0.15, 0.2) is 79.3 Å². The Hall–Kier alpha value is -5.00. The van der Waals surface area contributed by atoms with E-state index in [1.807, 2.05) is 0 Å². The number of amides is 1. The molecule has 2 aromatic carbocycles. The molecule has 3 aromatic heterocycles. The highest BCUT2D eigenvalue weighted by molar-refractivity contribution is 7.14. The van der Waals surface area contributed by atoms with Crippen molar-refractivity contribution in [2.75, 3.05) is 0 Å². The molecule has 43 heavy (non-hydrogen) atoms. The van der Waals surface area contributed by atoms with Crippen molar-refractivity contribution in [3.05, 3.63) is 129 Å². The van der Waals surface area contributed by atoms with E-state index in [4.69, 9.17) is 0 Å². The van der Waals surface area contributed by atoms with Gasteiger partial charge in [-0.1, -0.05) is 24.0 Å². The molecule has 5 aromatic rings. The highest BCUT2D eigenvalue weighted by Gasteiger charge is 2.58. The molecule has 0 spiro atoms. The summed E-state index contributed by atoms with van der Waals surface area (Å²) in [5, 5.41) is 24.5. The van der Waals surface area contributed by atoms with Gasteiger partial charge in [0.15, 0.2) is 11.9 Å². The standard InChI is InChI=1S/C29H19F5N6O2S/c30-20-5-1-18(2-6-20)15-36-27(41)25-11-9-22(43-25)8-3-19-4-12-26(35-14-19)29(33,34)28(42,16-40-38-17-37-39-40)23-10-7-21(31)13-24(23)32/h1-2,4-7,9-14,17,42H,15-16H2,(H,36,41). The van der Waals surface area contributed by atoms with Crippen molar-refractivity contribution in [2.24, 2.45) is 0 Å². The summed E-state index contributed by atoms with van der Waals surface area (Å²) in [6.45, 7) is -0.817. The van der Waals surface area contributed by atoms with Crippen molar-refractivity contribution in [2.45, 2.75) is 24.6 Å². The SMILES string of the molecule is O=C(NCc1ccc(F)cc1)c1ccc(C#Cc2ccc(C(F)(F)C(O)(Cn3ncnn3)c3ccc(F)cc3F)nc2)s1. The van der Waals surface area contributed by atoms with Crippen molar-refractivity contribution in [3.8, 4) is 11.8 Å². The number of benzene rings is 2. The molecule has 0 aliphatic heterocycles. The van der Waals surface area contributed by atoms with Crippen LogP contribution in [0.25, 0.3) is 0 Å². The third-order valence-corrected chi connectivity index (χ3v) is 7.27. The molecule has 1 amide bonds. The van der Waals surface area contributed by atoms with Crippen LogP contribution in [0.1, 0.15) is 36.9 Å². The topological polar surface area (TPSA) is 106 Å². The molecule has 1 unspecified atom stereocenters. The van der Waals surface area contributed by atoms with Crippen molar-refractivity contribution < 1.29 is 31.9 Å². The predicted octanol–water partition coefficient (Wildman–Crippen LogP) is 4.56. The second-order valence-electron chi connectivity index (χ2n) is 9.18. The number of tetrazole rings is 1. The fourth-order valence-corrected chi connectivity index (χ4v) is 4.82. The molecule has 0 saturated heterocycles. The van der Waals surface area contributed by atoms with Crippen LogP contribution in [-0.4, -0.2) is 36.2 Å². The van der Waals surface area contributed by atoms with E-state index in [0.29, 0.717) is 26.7 Å². The zero-order chi connectivity index (χ0) is 30.6. The fourth-order valence-electron chi connectivity index (χ4n) is 4.04. The van der Waals surface area contributed by atoms with E-state index in [9.17, 15) is 23.1 Å². The first-order valence-corrected chi connectivity index (χ1v) is 13.2. The van der Waals surface area contributed by atoms with Gasteiger partial charge in [0.1, 0.15) is 29.7 Å². The van der Waals surface area contributed by atoms with Crippen molar-refractivity contribution in [1.29, 1.82) is 0 Å². The maximum atomic E-state index is 15.9. The van der Waals surface area contributed by atoms with E-state index in [1.54, 1.807) is 24.3 Å². The molecular weight excluding hydrogens is 591 g/mol. The zero-order valence-corrected chi connectivity index (χ0v) is 22.6. The molecule has 5 rings (SSSR count). The average molecular weight is 611 g/mol. The first-order chi connectivity index (χ1) is 20.5. The third kappa shape index (κ3) is 6.42. The molecule has 0 aliphatic rings. The largest absolute Gasteiger partial charge is 0.377 e.